The van der Waals surface area contributed by atoms with Crippen LogP contribution in [-0.4, -0.2) is 59.9 Å². The summed E-state index contributed by atoms with van der Waals surface area (Å²) >= 11 is 0. The number of nitrogens with zero attached hydrogens (tertiary/aromatic N) is 2. The molecule has 0 bridgehead atoms. The van der Waals surface area contributed by atoms with E-state index in [1.807, 2.05) is 4.90 Å². The van der Waals surface area contributed by atoms with Crippen LogP contribution in [0.3, 0.4) is 0 Å². The number of hydrogen-bond donors (Lipinski definition) is 0. The first-order valence-corrected chi connectivity index (χ1v) is 8.85. The normalized spacial score (nSPS) is 28.7. The van der Waals surface area contributed by atoms with E-state index >= 15 is 0 Å². The fourth-order valence-corrected chi connectivity index (χ4v) is 3.84. The maximum atomic E-state index is 12.7. The number of carbonyl (C=O) groups is 3. The molecule has 6 nitrogen and oxygen atoms in total. The van der Waals surface area contributed by atoms with Crippen LogP contribution >= 0.6 is 0 Å². The molecule has 0 radical (unpaired) electrons. The Bertz CT molecular complexity index is 489. The van der Waals surface area contributed by atoms with Crippen LogP contribution in [0, 0.1) is 11.8 Å². The topological polar surface area (TPSA) is 66.9 Å². The van der Waals surface area contributed by atoms with Gasteiger partial charge in [-0.15, -0.1) is 0 Å². The molecule has 1 saturated carbocycles. The van der Waals surface area contributed by atoms with Gasteiger partial charge in [0.2, 0.25) is 11.8 Å². The average molecular weight is 322 g/mol. The Hall–Kier alpha value is -1.59. The predicted octanol–water partition coefficient (Wildman–Crippen LogP) is 1.19. The summed E-state index contributed by atoms with van der Waals surface area (Å²) in [5.41, 5.74) is 0. The second-order valence-corrected chi connectivity index (χ2v) is 6.91. The maximum Gasteiger partial charge on any atom is 0.310 e. The van der Waals surface area contributed by atoms with Crippen molar-refractivity contribution in [3.63, 3.8) is 0 Å². The van der Waals surface area contributed by atoms with E-state index < -0.39 is 0 Å². The molecule has 0 aromatic rings. The van der Waals surface area contributed by atoms with Crippen LogP contribution in [0.2, 0.25) is 0 Å². The summed E-state index contributed by atoms with van der Waals surface area (Å²) in [7, 11) is 0. The number of likely N-dealkylation sites (tertiary alicyclic amines) is 2. The van der Waals surface area contributed by atoms with Gasteiger partial charge in [0, 0.05) is 32.1 Å². The van der Waals surface area contributed by atoms with Gasteiger partial charge in [0.05, 0.1) is 18.4 Å². The van der Waals surface area contributed by atoms with Crippen LogP contribution in [0.1, 0.15) is 45.4 Å². The zero-order chi connectivity index (χ0) is 16.4. The minimum absolute atomic E-state index is 0.0363. The maximum absolute atomic E-state index is 12.7. The fraction of sp³-hybridized carbons (Fsp3) is 0.824. The van der Waals surface area contributed by atoms with E-state index in [2.05, 4.69) is 0 Å². The van der Waals surface area contributed by atoms with Gasteiger partial charge in [0.1, 0.15) is 0 Å². The van der Waals surface area contributed by atoms with Gasteiger partial charge < -0.3 is 14.5 Å². The van der Waals surface area contributed by atoms with E-state index in [9.17, 15) is 14.4 Å². The van der Waals surface area contributed by atoms with Crippen molar-refractivity contribution in [2.75, 3.05) is 26.2 Å². The van der Waals surface area contributed by atoms with E-state index in [1.165, 1.54) is 6.42 Å². The molecule has 0 N–H and O–H groups in total. The Morgan fingerprint density at radius 1 is 1.13 bits per heavy atom. The van der Waals surface area contributed by atoms with Crippen molar-refractivity contribution in [2.45, 2.75) is 51.5 Å². The molecular weight excluding hydrogens is 296 g/mol. The van der Waals surface area contributed by atoms with Crippen molar-refractivity contribution in [3.05, 3.63) is 0 Å². The lowest BCUT2D eigenvalue weighted by Crippen LogP contribution is -2.46. The third-order valence-corrected chi connectivity index (χ3v) is 5.38. The Labute approximate surface area is 137 Å². The first kappa shape index (κ1) is 16.3. The molecule has 1 aliphatic carbocycles. The highest BCUT2D eigenvalue weighted by molar-refractivity contribution is 5.89. The number of rotatable bonds is 4. The van der Waals surface area contributed by atoms with Crippen molar-refractivity contribution >= 4 is 17.8 Å². The zero-order valence-corrected chi connectivity index (χ0v) is 13.8. The Morgan fingerprint density at radius 3 is 2.57 bits per heavy atom. The third kappa shape index (κ3) is 3.35. The number of hydrogen-bond acceptors (Lipinski definition) is 4. The first-order chi connectivity index (χ1) is 11.1. The van der Waals surface area contributed by atoms with E-state index in [0.717, 1.165) is 25.7 Å². The van der Waals surface area contributed by atoms with Crippen LogP contribution in [-0.2, 0) is 19.1 Å². The van der Waals surface area contributed by atoms with Crippen molar-refractivity contribution in [2.24, 2.45) is 11.8 Å². The molecule has 23 heavy (non-hydrogen) atoms. The minimum Gasteiger partial charge on any atom is -0.466 e. The molecule has 3 fully saturated rings. The summed E-state index contributed by atoms with van der Waals surface area (Å²) in [5.74, 6) is -0.499. The second-order valence-electron chi connectivity index (χ2n) is 6.91. The zero-order valence-electron chi connectivity index (χ0n) is 13.8. The molecule has 2 atom stereocenters. The fourth-order valence-electron chi connectivity index (χ4n) is 3.84. The molecule has 6 heteroatoms. The lowest BCUT2D eigenvalue weighted by Gasteiger charge is -2.35. The first-order valence-electron chi connectivity index (χ1n) is 8.85. The molecule has 3 aliphatic rings. The predicted molar refractivity (Wildman–Crippen MR) is 83.4 cm³/mol. The summed E-state index contributed by atoms with van der Waals surface area (Å²) in [6.07, 6.45) is 5.25. The molecule has 128 valence electrons. The lowest BCUT2D eigenvalue weighted by atomic mass is 9.92. The van der Waals surface area contributed by atoms with Gasteiger partial charge in [-0.25, -0.2) is 0 Å². The highest BCUT2D eigenvalue weighted by Gasteiger charge is 2.42. The van der Waals surface area contributed by atoms with E-state index in [0.29, 0.717) is 38.7 Å². The van der Waals surface area contributed by atoms with Crippen LogP contribution in [0.15, 0.2) is 0 Å². The number of piperidine rings is 1. The molecule has 2 amide bonds. The smallest absolute Gasteiger partial charge is 0.310 e. The highest BCUT2D eigenvalue weighted by atomic mass is 16.5. The van der Waals surface area contributed by atoms with Gasteiger partial charge in [-0.2, -0.15) is 0 Å². The second kappa shape index (κ2) is 6.89. The SMILES string of the molecule is CCOC(=O)C1CCCN(C(=O)C2CC(=O)N(C3CCC3)C2)C1. The van der Waals surface area contributed by atoms with E-state index in [1.54, 1.807) is 11.8 Å². The summed E-state index contributed by atoms with van der Waals surface area (Å²) in [5, 5.41) is 0. The van der Waals surface area contributed by atoms with Crippen molar-refractivity contribution in [3.8, 4) is 0 Å². The van der Waals surface area contributed by atoms with Crippen LogP contribution in [0.25, 0.3) is 0 Å². The van der Waals surface area contributed by atoms with Crippen molar-refractivity contribution in [1.82, 2.24) is 9.80 Å². The van der Waals surface area contributed by atoms with Crippen LogP contribution < -0.4 is 0 Å². The number of ether oxygens (including phenoxy) is 1. The molecule has 2 aliphatic heterocycles. The number of carbonyl (C=O) groups excluding carboxylic acids is 3. The lowest BCUT2D eigenvalue weighted by molar-refractivity contribution is -0.152. The Kier molecular flexibility index (Phi) is 4.87. The largest absolute Gasteiger partial charge is 0.466 e. The third-order valence-electron chi connectivity index (χ3n) is 5.38. The van der Waals surface area contributed by atoms with Crippen molar-refractivity contribution < 1.29 is 19.1 Å². The molecule has 2 heterocycles. The minimum atomic E-state index is -0.232. The van der Waals surface area contributed by atoms with Crippen LogP contribution in [0.5, 0.6) is 0 Å². The molecule has 2 saturated heterocycles. The number of amides is 2. The average Bonchev–Trinajstić information content (AvgIpc) is 2.87. The van der Waals surface area contributed by atoms with E-state index in [-0.39, 0.29) is 29.6 Å². The van der Waals surface area contributed by atoms with Gasteiger partial charge in [-0.3, -0.25) is 14.4 Å². The van der Waals surface area contributed by atoms with Gasteiger partial charge in [-0.05, 0) is 39.0 Å². The summed E-state index contributed by atoms with van der Waals surface area (Å²) in [6.45, 7) is 3.84. The van der Waals surface area contributed by atoms with Gasteiger partial charge in [0.15, 0.2) is 0 Å². The quantitative estimate of drug-likeness (QED) is 0.729. The van der Waals surface area contributed by atoms with Crippen LogP contribution in [0.4, 0.5) is 0 Å². The Balaban J connectivity index is 1.57. The standard InChI is InChI=1S/C17H26N2O4/c1-2-23-17(22)12-5-4-8-18(10-12)16(21)13-9-15(20)19(11-13)14-6-3-7-14/h12-14H,2-11H2,1H3. The van der Waals surface area contributed by atoms with Gasteiger partial charge >= 0.3 is 5.97 Å². The molecular formula is C17H26N2O4. The molecule has 2 unspecified atom stereocenters. The molecule has 0 spiro atoms. The Morgan fingerprint density at radius 2 is 1.91 bits per heavy atom. The summed E-state index contributed by atoms with van der Waals surface area (Å²) in [4.78, 5) is 40.5. The van der Waals surface area contributed by atoms with Gasteiger partial charge in [-0.1, -0.05) is 0 Å². The molecule has 3 rings (SSSR count). The molecule has 0 aromatic carbocycles. The van der Waals surface area contributed by atoms with Gasteiger partial charge in [0.25, 0.3) is 0 Å². The summed E-state index contributed by atoms with van der Waals surface area (Å²) < 4.78 is 5.08. The van der Waals surface area contributed by atoms with E-state index in [4.69, 9.17) is 4.74 Å². The van der Waals surface area contributed by atoms with Crippen molar-refractivity contribution in [1.29, 1.82) is 0 Å². The molecule has 0 aromatic heterocycles. The highest BCUT2D eigenvalue weighted by Crippen LogP contribution is 2.32. The monoisotopic (exact) mass is 322 g/mol. The summed E-state index contributed by atoms with van der Waals surface area (Å²) in [6, 6.07) is 0.355. The number of esters is 1.